The average molecular weight is 221 g/mol. The molecule has 2 nitrogen and oxygen atoms in total. The van der Waals surface area contributed by atoms with E-state index in [0.717, 1.165) is 26.1 Å². The fourth-order valence-corrected chi connectivity index (χ4v) is 1.46. The third kappa shape index (κ3) is 4.77. The summed E-state index contributed by atoms with van der Waals surface area (Å²) in [5.41, 5.74) is 2.59. The maximum Gasteiger partial charge on any atom is 0.0720 e. The lowest BCUT2D eigenvalue weighted by Gasteiger charge is -2.11. The maximum absolute atomic E-state index is 5.72. The Bertz CT molecular complexity index is 299. The van der Waals surface area contributed by atoms with Crippen molar-refractivity contribution >= 4 is 0 Å². The monoisotopic (exact) mass is 221 g/mol. The second kappa shape index (κ2) is 7.42. The van der Waals surface area contributed by atoms with E-state index in [0.29, 0.717) is 6.10 Å². The molecule has 1 N–H and O–H groups in total. The van der Waals surface area contributed by atoms with Crippen molar-refractivity contribution < 1.29 is 4.74 Å². The minimum atomic E-state index is 0.345. The lowest BCUT2D eigenvalue weighted by molar-refractivity contribution is 0.0508. The van der Waals surface area contributed by atoms with Crippen LogP contribution in [-0.4, -0.2) is 12.6 Å². The van der Waals surface area contributed by atoms with Gasteiger partial charge < -0.3 is 10.1 Å². The molecule has 0 amide bonds. The predicted octanol–water partition coefficient (Wildman–Crippen LogP) is 3.11. The van der Waals surface area contributed by atoms with Crippen LogP contribution in [0.5, 0.6) is 0 Å². The Balaban J connectivity index is 2.46. The first-order valence-corrected chi connectivity index (χ1v) is 6.16. The summed E-state index contributed by atoms with van der Waals surface area (Å²) < 4.78 is 5.72. The molecule has 1 rings (SSSR count). The van der Waals surface area contributed by atoms with E-state index in [2.05, 4.69) is 50.4 Å². The van der Waals surface area contributed by atoms with E-state index < -0.39 is 0 Å². The van der Waals surface area contributed by atoms with Crippen molar-refractivity contribution in [2.45, 2.75) is 46.4 Å². The molecule has 0 bridgehead atoms. The SMILES string of the molecule is CCNCc1cccc(COC(C)CC)c1. The van der Waals surface area contributed by atoms with Crippen LogP contribution in [0.1, 0.15) is 38.3 Å². The standard InChI is InChI=1S/C14H23NO/c1-4-12(3)16-11-14-8-6-7-13(9-14)10-15-5-2/h6-9,12,15H,4-5,10-11H2,1-3H3. The smallest absolute Gasteiger partial charge is 0.0720 e. The molecule has 0 aliphatic rings. The summed E-state index contributed by atoms with van der Waals surface area (Å²) in [6.07, 6.45) is 1.41. The summed E-state index contributed by atoms with van der Waals surface area (Å²) in [6.45, 7) is 9.04. The normalized spacial score (nSPS) is 12.7. The van der Waals surface area contributed by atoms with Crippen LogP contribution in [0.4, 0.5) is 0 Å². The molecule has 0 aliphatic carbocycles. The highest BCUT2D eigenvalue weighted by Crippen LogP contribution is 2.08. The Morgan fingerprint density at radius 2 is 2.00 bits per heavy atom. The second-order valence-electron chi connectivity index (χ2n) is 4.13. The van der Waals surface area contributed by atoms with E-state index in [1.807, 2.05) is 0 Å². The summed E-state index contributed by atoms with van der Waals surface area (Å²) in [5, 5.41) is 3.33. The van der Waals surface area contributed by atoms with Crippen molar-refractivity contribution in [3.05, 3.63) is 35.4 Å². The summed E-state index contributed by atoms with van der Waals surface area (Å²) in [6, 6.07) is 8.58. The summed E-state index contributed by atoms with van der Waals surface area (Å²) >= 11 is 0. The highest BCUT2D eigenvalue weighted by molar-refractivity contribution is 5.22. The Kier molecular flexibility index (Phi) is 6.12. The third-order valence-electron chi connectivity index (χ3n) is 2.68. The number of hydrogen-bond donors (Lipinski definition) is 1. The van der Waals surface area contributed by atoms with Crippen LogP contribution < -0.4 is 5.32 Å². The van der Waals surface area contributed by atoms with Crippen molar-refractivity contribution in [3.63, 3.8) is 0 Å². The Morgan fingerprint density at radius 1 is 1.25 bits per heavy atom. The first kappa shape index (κ1) is 13.2. The van der Waals surface area contributed by atoms with Crippen molar-refractivity contribution in [1.29, 1.82) is 0 Å². The molecule has 16 heavy (non-hydrogen) atoms. The fourth-order valence-electron chi connectivity index (χ4n) is 1.46. The third-order valence-corrected chi connectivity index (χ3v) is 2.68. The molecule has 0 spiro atoms. The average Bonchev–Trinajstić information content (AvgIpc) is 2.34. The number of rotatable bonds is 7. The largest absolute Gasteiger partial charge is 0.374 e. The van der Waals surface area contributed by atoms with Gasteiger partial charge in [0, 0.05) is 6.54 Å². The van der Waals surface area contributed by atoms with Gasteiger partial charge in [-0.2, -0.15) is 0 Å². The zero-order valence-electron chi connectivity index (χ0n) is 10.6. The van der Waals surface area contributed by atoms with E-state index in [9.17, 15) is 0 Å². The molecule has 0 fully saturated rings. The van der Waals surface area contributed by atoms with Crippen LogP contribution in [-0.2, 0) is 17.9 Å². The quantitative estimate of drug-likeness (QED) is 0.764. The maximum atomic E-state index is 5.72. The first-order valence-electron chi connectivity index (χ1n) is 6.16. The number of benzene rings is 1. The molecule has 1 aromatic rings. The molecular formula is C14H23NO. The first-order chi connectivity index (χ1) is 7.76. The molecular weight excluding hydrogens is 198 g/mol. The van der Waals surface area contributed by atoms with Crippen LogP contribution in [0.15, 0.2) is 24.3 Å². The molecule has 0 aromatic heterocycles. The fraction of sp³-hybridized carbons (Fsp3) is 0.571. The van der Waals surface area contributed by atoms with Gasteiger partial charge in [-0.3, -0.25) is 0 Å². The van der Waals surface area contributed by atoms with E-state index in [1.165, 1.54) is 11.1 Å². The molecule has 0 heterocycles. The molecule has 0 saturated heterocycles. The van der Waals surface area contributed by atoms with E-state index in [-0.39, 0.29) is 0 Å². The molecule has 2 heteroatoms. The lowest BCUT2D eigenvalue weighted by Crippen LogP contribution is -2.12. The van der Waals surface area contributed by atoms with Crippen LogP contribution in [0.3, 0.4) is 0 Å². The van der Waals surface area contributed by atoms with E-state index in [4.69, 9.17) is 4.74 Å². The molecule has 0 saturated carbocycles. The highest BCUT2D eigenvalue weighted by Gasteiger charge is 2.00. The van der Waals surface area contributed by atoms with Crippen molar-refractivity contribution in [1.82, 2.24) is 5.32 Å². The van der Waals surface area contributed by atoms with Gasteiger partial charge in [0.05, 0.1) is 12.7 Å². The van der Waals surface area contributed by atoms with Crippen LogP contribution in [0.25, 0.3) is 0 Å². The van der Waals surface area contributed by atoms with E-state index >= 15 is 0 Å². The minimum Gasteiger partial charge on any atom is -0.374 e. The summed E-state index contributed by atoms with van der Waals surface area (Å²) in [5.74, 6) is 0. The van der Waals surface area contributed by atoms with Gasteiger partial charge in [0.25, 0.3) is 0 Å². The van der Waals surface area contributed by atoms with E-state index in [1.54, 1.807) is 0 Å². The molecule has 0 radical (unpaired) electrons. The Hall–Kier alpha value is -0.860. The van der Waals surface area contributed by atoms with Gasteiger partial charge in [-0.05, 0) is 31.0 Å². The second-order valence-corrected chi connectivity index (χ2v) is 4.13. The summed E-state index contributed by atoms with van der Waals surface area (Å²) in [7, 11) is 0. The summed E-state index contributed by atoms with van der Waals surface area (Å²) in [4.78, 5) is 0. The highest BCUT2D eigenvalue weighted by atomic mass is 16.5. The Morgan fingerprint density at radius 3 is 2.69 bits per heavy atom. The molecule has 1 aromatic carbocycles. The number of ether oxygens (including phenoxy) is 1. The van der Waals surface area contributed by atoms with Gasteiger partial charge in [-0.1, -0.05) is 38.1 Å². The predicted molar refractivity (Wildman–Crippen MR) is 68.4 cm³/mol. The van der Waals surface area contributed by atoms with Gasteiger partial charge in [0.15, 0.2) is 0 Å². The van der Waals surface area contributed by atoms with Crippen molar-refractivity contribution in [2.75, 3.05) is 6.54 Å². The van der Waals surface area contributed by atoms with Crippen molar-refractivity contribution in [2.24, 2.45) is 0 Å². The topological polar surface area (TPSA) is 21.3 Å². The lowest BCUT2D eigenvalue weighted by atomic mass is 10.1. The molecule has 0 aliphatic heterocycles. The number of hydrogen-bond acceptors (Lipinski definition) is 2. The molecule has 1 unspecified atom stereocenters. The van der Waals surface area contributed by atoms with Gasteiger partial charge >= 0.3 is 0 Å². The minimum absolute atomic E-state index is 0.345. The van der Waals surface area contributed by atoms with Gasteiger partial charge in [-0.15, -0.1) is 0 Å². The van der Waals surface area contributed by atoms with Gasteiger partial charge in [0.2, 0.25) is 0 Å². The number of nitrogens with one attached hydrogen (secondary N) is 1. The van der Waals surface area contributed by atoms with Crippen LogP contribution in [0.2, 0.25) is 0 Å². The van der Waals surface area contributed by atoms with Crippen molar-refractivity contribution in [3.8, 4) is 0 Å². The molecule has 1 atom stereocenters. The zero-order valence-corrected chi connectivity index (χ0v) is 10.6. The molecule has 90 valence electrons. The van der Waals surface area contributed by atoms with Gasteiger partial charge in [-0.25, -0.2) is 0 Å². The Labute approximate surface area is 99.0 Å². The van der Waals surface area contributed by atoms with Crippen LogP contribution >= 0.6 is 0 Å². The van der Waals surface area contributed by atoms with Crippen LogP contribution in [0, 0.1) is 0 Å². The van der Waals surface area contributed by atoms with Gasteiger partial charge in [0.1, 0.15) is 0 Å². The zero-order chi connectivity index (χ0) is 11.8.